The lowest BCUT2D eigenvalue weighted by Crippen LogP contribution is -2.85. The fourth-order valence-corrected chi connectivity index (χ4v) is 4.25. The zero-order valence-electron chi connectivity index (χ0n) is 22.4. The predicted octanol–water partition coefficient (Wildman–Crippen LogP) is 3.47. The quantitative estimate of drug-likeness (QED) is 0.162. The van der Waals surface area contributed by atoms with Gasteiger partial charge in [0, 0.05) is 11.6 Å². The summed E-state index contributed by atoms with van der Waals surface area (Å²) in [5, 5.41) is 21.6. The average Bonchev–Trinajstić information content (AvgIpc) is 2.97. The molecule has 4 aromatic carbocycles. The molecule has 0 aromatic heterocycles. The fraction of sp³-hybridized carbons (Fsp3) is 0.182. The van der Waals surface area contributed by atoms with Crippen molar-refractivity contribution in [2.75, 3.05) is 19.7 Å². The molecular formula is C33H33NO6. The summed E-state index contributed by atoms with van der Waals surface area (Å²) in [5.74, 6) is -2.61. The molecule has 0 radical (unpaired) electrons. The van der Waals surface area contributed by atoms with Crippen molar-refractivity contribution in [3.05, 3.63) is 131 Å². The molecule has 0 saturated heterocycles. The van der Waals surface area contributed by atoms with Crippen molar-refractivity contribution in [3.63, 3.8) is 0 Å². The van der Waals surface area contributed by atoms with Crippen LogP contribution in [0.25, 0.3) is 10.8 Å². The first-order valence-corrected chi connectivity index (χ1v) is 13.0. The highest BCUT2D eigenvalue weighted by Crippen LogP contribution is 2.25. The van der Waals surface area contributed by atoms with E-state index in [0.29, 0.717) is 25.2 Å². The largest absolute Gasteiger partial charge is 0.545 e. The summed E-state index contributed by atoms with van der Waals surface area (Å²) >= 11 is 0. The Kier molecular flexibility index (Phi) is 11.8. The second-order valence-corrected chi connectivity index (χ2v) is 9.08. The minimum absolute atomic E-state index is 0.0774. The molecule has 7 nitrogen and oxygen atoms in total. The number of rotatable bonds is 12. The van der Waals surface area contributed by atoms with Gasteiger partial charge in [-0.2, -0.15) is 0 Å². The third-order valence-electron chi connectivity index (χ3n) is 6.19. The lowest BCUT2D eigenvalue weighted by molar-refractivity contribution is -0.655. The van der Waals surface area contributed by atoms with E-state index in [4.69, 9.17) is 9.84 Å². The number of carbonyl (C=O) groups excluding carboxylic acids is 2. The Balaban J connectivity index is 0.000000482. The van der Waals surface area contributed by atoms with Crippen LogP contribution < -0.4 is 10.4 Å². The Morgan fingerprint density at radius 2 is 1.38 bits per heavy atom. The number of aryl methyl sites for hydroxylation is 1. The number of ketones is 1. The molecule has 0 amide bonds. The summed E-state index contributed by atoms with van der Waals surface area (Å²) in [6.07, 6.45) is 1.39. The van der Waals surface area contributed by atoms with E-state index in [1.54, 1.807) is 0 Å². The van der Waals surface area contributed by atoms with E-state index in [9.17, 15) is 19.5 Å². The Morgan fingerprint density at radius 3 is 1.93 bits per heavy atom. The van der Waals surface area contributed by atoms with Crippen LogP contribution in [0, 0.1) is 6.92 Å². The Labute approximate surface area is 233 Å². The molecular weight excluding hydrogens is 506 g/mol. The van der Waals surface area contributed by atoms with E-state index >= 15 is 0 Å². The minimum atomic E-state index is -1.51. The molecule has 0 aliphatic rings. The SMILES string of the molecule is Cc1ccc(C(=O)CC[NH2+]CCOC(c2ccccc2)c2ccccc2)c2ccccc12.O=C([O-])/C=C/C(=O)O. The second kappa shape index (κ2) is 15.7. The van der Waals surface area contributed by atoms with Crippen LogP contribution in [0.15, 0.2) is 109 Å². The zero-order valence-corrected chi connectivity index (χ0v) is 22.4. The van der Waals surface area contributed by atoms with Gasteiger partial charge < -0.3 is 25.1 Å². The van der Waals surface area contributed by atoms with Crippen molar-refractivity contribution in [3.8, 4) is 0 Å². The van der Waals surface area contributed by atoms with Gasteiger partial charge in [0.25, 0.3) is 0 Å². The van der Waals surface area contributed by atoms with Gasteiger partial charge in [0.05, 0.1) is 32.1 Å². The van der Waals surface area contributed by atoms with E-state index in [2.05, 4.69) is 42.6 Å². The number of quaternary nitrogens is 1. The number of carbonyl (C=O) groups is 3. The number of aliphatic carboxylic acids is 2. The van der Waals surface area contributed by atoms with Gasteiger partial charge in [0.1, 0.15) is 6.10 Å². The van der Waals surface area contributed by atoms with Gasteiger partial charge >= 0.3 is 5.97 Å². The van der Waals surface area contributed by atoms with Crippen molar-refractivity contribution in [2.24, 2.45) is 0 Å². The number of benzene rings is 4. The molecule has 3 N–H and O–H groups in total. The second-order valence-electron chi connectivity index (χ2n) is 9.08. The normalized spacial score (nSPS) is 10.8. The molecule has 0 saturated carbocycles. The van der Waals surface area contributed by atoms with Crippen LogP contribution in [0.4, 0.5) is 0 Å². The molecule has 0 heterocycles. The molecule has 0 fully saturated rings. The first kappa shape index (κ1) is 30.0. The third-order valence-corrected chi connectivity index (χ3v) is 6.19. The summed E-state index contributed by atoms with van der Waals surface area (Å²) in [4.78, 5) is 31.8. The number of Topliss-reactive ketones (excluding diaryl/α,β-unsaturated/α-hetero) is 1. The van der Waals surface area contributed by atoms with E-state index in [-0.39, 0.29) is 11.9 Å². The Bertz CT molecular complexity index is 1380. The van der Waals surface area contributed by atoms with Crippen LogP contribution in [0.2, 0.25) is 0 Å². The molecule has 7 heteroatoms. The van der Waals surface area contributed by atoms with Gasteiger partial charge in [-0.25, -0.2) is 4.79 Å². The summed E-state index contributed by atoms with van der Waals surface area (Å²) in [7, 11) is 0. The first-order chi connectivity index (χ1) is 19.4. The van der Waals surface area contributed by atoms with Crippen LogP contribution in [0.1, 0.15) is 39.6 Å². The van der Waals surface area contributed by atoms with Crippen molar-refractivity contribution in [1.82, 2.24) is 0 Å². The smallest absolute Gasteiger partial charge is 0.328 e. The average molecular weight is 540 g/mol. The fourth-order valence-electron chi connectivity index (χ4n) is 4.25. The van der Waals surface area contributed by atoms with Gasteiger partial charge in [0.15, 0.2) is 5.78 Å². The number of hydrogen-bond acceptors (Lipinski definition) is 5. The van der Waals surface area contributed by atoms with Crippen LogP contribution in [-0.2, 0) is 14.3 Å². The van der Waals surface area contributed by atoms with E-state index in [1.165, 1.54) is 5.56 Å². The molecule has 0 spiro atoms. The summed E-state index contributed by atoms with van der Waals surface area (Å²) in [6.45, 7) is 4.28. The van der Waals surface area contributed by atoms with E-state index in [1.807, 2.05) is 66.7 Å². The molecule has 4 aromatic rings. The molecule has 0 bridgehead atoms. The predicted molar refractivity (Wildman–Crippen MR) is 152 cm³/mol. The topological polar surface area (TPSA) is 120 Å². The lowest BCUT2D eigenvalue weighted by Gasteiger charge is -2.18. The van der Waals surface area contributed by atoms with Gasteiger partial charge in [-0.15, -0.1) is 0 Å². The van der Waals surface area contributed by atoms with E-state index in [0.717, 1.165) is 40.6 Å². The molecule has 0 aliphatic carbocycles. The van der Waals surface area contributed by atoms with Crippen molar-refractivity contribution in [2.45, 2.75) is 19.4 Å². The summed E-state index contributed by atoms with van der Waals surface area (Å²) < 4.78 is 6.26. The highest BCUT2D eigenvalue weighted by molar-refractivity contribution is 6.08. The number of fused-ring (bicyclic) bond motifs is 1. The van der Waals surface area contributed by atoms with Gasteiger partial charge in [0.2, 0.25) is 0 Å². The van der Waals surface area contributed by atoms with Crippen LogP contribution in [0.3, 0.4) is 0 Å². The van der Waals surface area contributed by atoms with Gasteiger partial charge in [-0.05, 0) is 40.5 Å². The maximum Gasteiger partial charge on any atom is 0.328 e. The lowest BCUT2D eigenvalue weighted by atomic mass is 9.97. The first-order valence-electron chi connectivity index (χ1n) is 13.0. The van der Waals surface area contributed by atoms with Gasteiger partial charge in [-0.3, -0.25) is 4.79 Å². The third kappa shape index (κ3) is 9.31. The van der Waals surface area contributed by atoms with Crippen molar-refractivity contribution >= 4 is 28.5 Å². The number of ether oxygens (including phenoxy) is 1. The van der Waals surface area contributed by atoms with Crippen LogP contribution >= 0.6 is 0 Å². The Morgan fingerprint density at radius 1 is 0.800 bits per heavy atom. The summed E-state index contributed by atoms with van der Waals surface area (Å²) in [6, 6.07) is 32.8. The Hall–Kier alpha value is -4.59. The molecule has 206 valence electrons. The molecule has 40 heavy (non-hydrogen) atoms. The van der Waals surface area contributed by atoms with Crippen LogP contribution in [-0.4, -0.2) is 42.5 Å². The highest BCUT2D eigenvalue weighted by Gasteiger charge is 2.15. The molecule has 0 unspecified atom stereocenters. The van der Waals surface area contributed by atoms with Crippen LogP contribution in [0.5, 0.6) is 0 Å². The number of nitrogens with two attached hydrogens (primary N) is 1. The molecule has 4 rings (SSSR count). The zero-order chi connectivity index (χ0) is 28.7. The maximum atomic E-state index is 12.8. The summed E-state index contributed by atoms with van der Waals surface area (Å²) in [5.41, 5.74) is 4.33. The van der Waals surface area contributed by atoms with E-state index < -0.39 is 11.9 Å². The standard InChI is InChI=1S/C29H29NO2.C4H4O4/c1-22-16-17-27(26-15-9-8-14-25(22)26)28(31)18-19-30-20-21-32-29(23-10-4-2-5-11-23)24-12-6-3-7-13-24;5-3(6)1-2-4(7)8/h2-17,29-30H,18-21H2,1H3;1-2H,(H,5,6)(H,7,8)/b;2-1+. The minimum Gasteiger partial charge on any atom is -0.545 e. The molecule has 0 atom stereocenters. The van der Waals surface area contributed by atoms with Crippen molar-refractivity contribution in [1.29, 1.82) is 0 Å². The number of carboxylic acids is 2. The number of carboxylic acid groups (broad SMARTS) is 2. The molecule has 0 aliphatic heterocycles. The van der Waals surface area contributed by atoms with Crippen molar-refractivity contribution < 1.29 is 34.7 Å². The number of hydrogen-bond donors (Lipinski definition) is 2. The maximum absolute atomic E-state index is 12.8. The van der Waals surface area contributed by atoms with Gasteiger partial charge in [-0.1, -0.05) is 97.1 Å². The monoisotopic (exact) mass is 539 g/mol. The highest BCUT2D eigenvalue weighted by atomic mass is 16.5.